The highest BCUT2D eigenvalue weighted by atomic mass is 32.2. The highest BCUT2D eigenvalue weighted by molar-refractivity contribution is 7.86. The van der Waals surface area contributed by atoms with Crippen LogP contribution in [0, 0.1) is 6.92 Å². The number of esters is 1. The standard InChI is InChI=1S/C12H16O5S/c1-9-4-6-11(7-5-9)18(14,15)17-10(2)8-12(13)16-3/h4-7,10H,8H2,1-3H3. The van der Waals surface area contributed by atoms with Gasteiger partial charge in [-0.3, -0.25) is 8.98 Å². The van der Waals surface area contributed by atoms with Gasteiger partial charge in [-0.25, -0.2) is 0 Å². The monoisotopic (exact) mass is 272 g/mol. The Morgan fingerprint density at radius 2 is 1.83 bits per heavy atom. The zero-order valence-electron chi connectivity index (χ0n) is 10.5. The fraction of sp³-hybridized carbons (Fsp3) is 0.417. The first-order chi connectivity index (χ1) is 8.35. The summed E-state index contributed by atoms with van der Waals surface area (Å²) in [5, 5.41) is 0. The zero-order valence-corrected chi connectivity index (χ0v) is 11.4. The van der Waals surface area contributed by atoms with E-state index in [4.69, 9.17) is 4.18 Å². The van der Waals surface area contributed by atoms with Gasteiger partial charge >= 0.3 is 5.97 Å². The molecule has 100 valence electrons. The van der Waals surface area contributed by atoms with E-state index in [1.165, 1.54) is 26.2 Å². The van der Waals surface area contributed by atoms with Crippen LogP contribution in [0.1, 0.15) is 18.9 Å². The third-order valence-electron chi connectivity index (χ3n) is 2.28. The Bertz CT molecular complexity index is 504. The van der Waals surface area contributed by atoms with Crippen molar-refractivity contribution in [3.63, 3.8) is 0 Å². The Hall–Kier alpha value is -1.40. The van der Waals surface area contributed by atoms with Gasteiger partial charge in [-0.1, -0.05) is 17.7 Å². The van der Waals surface area contributed by atoms with Gasteiger partial charge in [-0.05, 0) is 26.0 Å². The van der Waals surface area contributed by atoms with E-state index in [0.717, 1.165) is 5.56 Å². The number of methoxy groups -OCH3 is 1. The smallest absolute Gasteiger partial charge is 0.308 e. The van der Waals surface area contributed by atoms with Crippen molar-refractivity contribution in [1.82, 2.24) is 0 Å². The number of hydrogen-bond donors (Lipinski definition) is 0. The molecule has 0 aromatic heterocycles. The SMILES string of the molecule is COC(=O)CC(C)OS(=O)(=O)c1ccc(C)cc1. The molecule has 1 aromatic carbocycles. The quantitative estimate of drug-likeness (QED) is 0.602. The topological polar surface area (TPSA) is 69.7 Å². The van der Waals surface area contributed by atoms with Crippen LogP contribution in [0.2, 0.25) is 0 Å². The van der Waals surface area contributed by atoms with Crippen LogP contribution in [0.5, 0.6) is 0 Å². The molecule has 0 bridgehead atoms. The molecule has 0 saturated heterocycles. The van der Waals surface area contributed by atoms with E-state index in [2.05, 4.69) is 4.74 Å². The minimum atomic E-state index is -3.84. The van der Waals surface area contributed by atoms with E-state index in [9.17, 15) is 13.2 Å². The zero-order chi connectivity index (χ0) is 13.8. The summed E-state index contributed by atoms with van der Waals surface area (Å²) in [4.78, 5) is 11.1. The Morgan fingerprint density at radius 3 is 2.33 bits per heavy atom. The van der Waals surface area contributed by atoms with Gasteiger partial charge in [0.25, 0.3) is 10.1 Å². The second-order valence-corrected chi connectivity index (χ2v) is 5.53. The number of aryl methyl sites for hydroxylation is 1. The van der Waals surface area contributed by atoms with Crippen LogP contribution in [-0.2, 0) is 23.8 Å². The van der Waals surface area contributed by atoms with E-state index >= 15 is 0 Å². The molecule has 0 heterocycles. The lowest BCUT2D eigenvalue weighted by atomic mass is 10.2. The Morgan fingerprint density at radius 1 is 1.28 bits per heavy atom. The molecule has 0 amide bonds. The summed E-state index contributed by atoms with van der Waals surface area (Å²) in [5.41, 5.74) is 0.955. The summed E-state index contributed by atoms with van der Waals surface area (Å²) >= 11 is 0. The van der Waals surface area contributed by atoms with Crippen molar-refractivity contribution >= 4 is 16.1 Å². The van der Waals surface area contributed by atoms with E-state index in [1.54, 1.807) is 12.1 Å². The molecule has 6 heteroatoms. The molecule has 1 aromatic rings. The van der Waals surface area contributed by atoms with Crippen LogP contribution in [-0.4, -0.2) is 27.6 Å². The van der Waals surface area contributed by atoms with Crippen molar-refractivity contribution in [1.29, 1.82) is 0 Å². The van der Waals surface area contributed by atoms with Crippen LogP contribution in [0.25, 0.3) is 0 Å². The van der Waals surface area contributed by atoms with Gasteiger partial charge in [0.15, 0.2) is 0 Å². The lowest BCUT2D eigenvalue weighted by Crippen LogP contribution is -2.19. The molecule has 0 N–H and O–H groups in total. The third kappa shape index (κ3) is 4.12. The van der Waals surface area contributed by atoms with Gasteiger partial charge in [0, 0.05) is 0 Å². The van der Waals surface area contributed by atoms with Gasteiger partial charge in [-0.2, -0.15) is 8.42 Å². The molecule has 1 unspecified atom stereocenters. The molecule has 1 atom stereocenters. The van der Waals surface area contributed by atoms with Crippen molar-refractivity contribution in [2.45, 2.75) is 31.3 Å². The molecule has 0 aliphatic rings. The number of ether oxygens (including phenoxy) is 1. The first-order valence-corrected chi connectivity index (χ1v) is 6.83. The predicted octanol–water partition coefficient (Wildman–Crippen LogP) is 1.65. The fourth-order valence-corrected chi connectivity index (χ4v) is 2.41. The predicted molar refractivity (Wildman–Crippen MR) is 65.5 cm³/mol. The minimum absolute atomic E-state index is 0.0739. The lowest BCUT2D eigenvalue weighted by Gasteiger charge is -2.11. The first-order valence-electron chi connectivity index (χ1n) is 5.42. The molecule has 18 heavy (non-hydrogen) atoms. The van der Waals surface area contributed by atoms with E-state index in [-0.39, 0.29) is 11.3 Å². The maximum Gasteiger partial charge on any atom is 0.308 e. The van der Waals surface area contributed by atoms with E-state index in [0.29, 0.717) is 0 Å². The van der Waals surface area contributed by atoms with Crippen molar-refractivity contribution < 1.29 is 22.1 Å². The summed E-state index contributed by atoms with van der Waals surface area (Å²) in [5.74, 6) is -0.512. The molecule has 0 spiro atoms. The summed E-state index contributed by atoms with van der Waals surface area (Å²) in [7, 11) is -2.60. The molecular weight excluding hydrogens is 256 g/mol. The van der Waals surface area contributed by atoms with Crippen molar-refractivity contribution in [3.8, 4) is 0 Å². The average molecular weight is 272 g/mol. The molecule has 1 rings (SSSR count). The lowest BCUT2D eigenvalue weighted by molar-refractivity contribution is -0.142. The van der Waals surface area contributed by atoms with Gasteiger partial charge in [0.1, 0.15) is 0 Å². The summed E-state index contributed by atoms with van der Waals surface area (Å²) in [6.45, 7) is 3.36. The number of rotatable bonds is 5. The minimum Gasteiger partial charge on any atom is -0.469 e. The number of benzene rings is 1. The van der Waals surface area contributed by atoms with E-state index < -0.39 is 22.2 Å². The molecule has 5 nitrogen and oxygen atoms in total. The van der Waals surface area contributed by atoms with Crippen LogP contribution in [0.3, 0.4) is 0 Å². The van der Waals surface area contributed by atoms with Crippen molar-refractivity contribution in [3.05, 3.63) is 29.8 Å². The number of hydrogen-bond acceptors (Lipinski definition) is 5. The average Bonchev–Trinajstić information content (AvgIpc) is 2.28. The third-order valence-corrected chi connectivity index (χ3v) is 3.71. The van der Waals surface area contributed by atoms with Gasteiger partial charge in [0.2, 0.25) is 0 Å². The van der Waals surface area contributed by atoms with Crippen LogP contribution in [0.4, 0.5) is 0 Å². The molecular formula is C12H16O5S. The Labute approximate surface area is 107 Å². The second kappa shape index (κ2) is 5.97. The normalized spacial score (nSPS) is 13.1. The summed E-state index contributed by atoms with van der Waals surface area (Å²) in [6.07, 6.45) is -0.870. The first kappa shape index (κ1) is 14.7. The van der Waals surface area contributed by atoms with Crippen LogP contribution < -0.4 is 0 Å². The maximum absolute atomic E-state index is 11.8. The van der Waals surface area contributed by atoms with Gasteiger partial charge in [0.05, 0.1) is 24.5 Å². The molecule has 0 aliphatic heterocycles. The van der Waals surface area contributed by atoms with Crippen LogP contribution in [0.15, 0.2) is 29.2 Å². The molecule has 0 aliphatic carbocycles. The fourth-order valence-electron chi connectivity index (χ4n) is 1.33. The number of carbonyl (C=O) groups is 1. The second-order valence-electron chi connectivity index (χ2n) is 3.95. The maximum atomic E-state index is 11.8. The van der Waals surface area contributed by atoms with Crippen molar-refractivity contribution in [2.75, 3.05) is 7.11 Å². The summed E-state index contributed by atoms with van der Waals surface area (Å²) < 4.78 is 33.0. The molecule has 0 radical (unpaired) electrons. The highest BCUT2D eigenvalue weighted by Gasteiger charge is 2.20. The van der Waals surface area contributed by atoms with Gasteiger partial charge < -0.3 is 4.74 Å². The molecule has 0 saturated carbocycles. The Balaban J connectivity index is 2.76. The van der Waals surface area contributed by atoms with Crippen molar-refractivity contribution in [2.24, 2.45) is 0 Å². The van der Waals surface area contributed by atoms with Gasteiger partial charge in [-0.15, -0.1) is 0 Å². The molecule has 0 fully saturated rings. The largest absolute Gasteiger partial charge is 0.469 e. The highest BCUT2D eigenvalue weighted by Crippen LogP contribution is 2.16. The van der Waals surface area contributed by atoms with Crippen LogP contribution >= 0.6 is 0 Å². The summed E-state index contributed by atoms with van der Waals surface area (Å²) in [6, 6.07) is 6.30. The van der Waals surface area contributed by atoms with E-state index in [1.807, 2.05) is 6.92 Å². The Kier molecular flexibility index (Phi) is 4.86. The number of carbonyl (C=O) groups excluding carboxylic acids is 1.